The molecule has 0 fully saturated rings. The normalized spacial score (nSPS) is 10.6. The number of alkyl halides is 1. The SMILES string of the molecule is CCCCCCCCSCCCBr. The average Bonchev–Trinajstić information content (AvgIpc) is 2.16. The van der Waals surface area contributed by atoms with Gasteiger partial charge in [0, 0.05) is 5.33 Å². The minimum absolute atomic E-state index is 1.16. The summed E-state index contributed by atoms with van der Waals surface area (Å²) in [5, 5.41) is 1.16. The number of halogens is 1. The van der Waals surface area contributed by atoms with Crippen LogP contribution in [0.1, 0.15) is 51.9 Å². The third-order valence-electron chi connectivity index (χ3n) is 2.06. The van der Waals surface area contributed by atoms with Gasteiger partial charge in [-0.25, -0.2) is 0 Å². The van der Waals surface area contributed by atoms with Crippen molar-refractivity contribution in [3.63, 3.8) is 0 Å². The van der Waals surface area contributed by atoms with E-state index >= 15 is 0 Å². The van der Waals surface area contributed by atoms with Gasteiger partial charge in [0.2, 0.25) is 0 Å². The van der Waals surface area contributed by atoms with Crippen LogP contribution in [-0.4, -0.2) is 16.8 Å². The van der Waals surface area contributed by atoms with Crippen LogP contribution in [-0.2, 0) is 0 Å². The predicted molar refractivity (Wildman–Crippen MR) is 69.1 cm³/mol. The Morgan fingerprint density at radius 3 is 2.15 bits per heavy atom. The van der Waals surface area contributed by atoms with E-state index in [1.807, 2.05) is 0 Å². The molecule has 13 heavy (non-hydrogen) atoms. The zero-order valence-corrected chi connectivity index (χ0v) is 11.3. The molecule has 0 aliphatic heterocycles. The number of hydrogen-bond acceptors (Lipinski definition) is 1. The fraction of sp³-hybridized carbons (Fsp3) is 1.00. The van der Waals surface area contributed by atoms with Crippen molar-refractivity contribution in [2.75, 3.05) is 16.8 Å². The fourth-order valence-electron chi connectivity index (χ4n) is 1.24. The van der Waals surface area contributed by atoms with E-state index in [4.69, 9.17) is 0 Å². The highest BCUT2D eigenvalue weighted by molar-refractivity contribution is 9.09. The van der Waals surface area contributed by atoms with E-state index in [0.29, 0.717) is 0 Å². The summed E-state index contributed by atoms with van der Waals surface area (Å²) in [6.07, 6.45) is 9.88. The highest BCUT2D eigenvalue weighted by Gasteiger charge is 1.91. The Balaban J connectivity index is 2.76. The van der Waals surface area contributed by atoms with Crippen LogP contribution >= 0.6 is 27.7 Å². The van der Waals surface area contributed by atoms with Crippen molar-refractivity contribution in [3.05, 3.63) is 0 Å². The molecule has 80 valence electrons. The molecule has 0 rings (SSSR count). The average molecular weight is 267 g/mol. The molecule has 0 N–H and O–H groups in total. The lowest BCUT2D eigenvalue weighted by molar-refractivity contribution is 0.627. The molecule has 0 aromatic rings. The minimum Gasteiger partial charge on any atom is -0.162 e. The first-order valence-corrected chi connectivity index (χ1v) is 7.83. The summed E-state index contributed by atoms with van der Waals surface area (Å²) in [6, 6.07) is 0. The van der Waals surface area contributed by atoms with Gasteiger partial charge in [-0.05, 0) is 24.3 Å². The quantitative estimate of drug-likeness (QED) is 0.402. The Bertz CT molecular complexity index is 76.2. The molecule has 0 bridgehead atoms. The van der Waals surface area contributed by atoms with Crippen molar-refractivity contribution in [2.45, 2.75) is 51.9 Å². The van der Waals surface area contributed by atoms with Crippen LogP contribution in [0.15, 0.2) is 0 Å². The van der Waals surface area contributed by atoms with Gasteiger partial charge in [0.1, 0.15) is 0 Å². The van der Waals surface area contributed by atoms with E-state index in [1.54, 1.807) is 0 Å². The zero-order valence-electron chi connectivity index (χ0n) is 8.86. The molecule has 0 amide bonds. The maximum atomic E-state index is 3.45. The Kier molecular flexibility index (Phi) is 13.6. The first-order chi connectivity index (χ1) is 6.41. The molecule has 0 aromatic carbocycles. The van der Waals surface area contributed by atoms with E-state index in [9.17, 15) is 0 Å². The van der Waals surface area contributed by atoms with Crippen molar-refractivity contribution in [2.24, 2.45) is 0 Å². The summed E-state index contributed by atoms with van der Waals surface area (Å²) in [6.45, 7) is 2.27. The molecule has 0 saturated heterocycles. The standard InChI is InChI=1S/C11H23BrS/c1-2-3-4-5-6-7-10-13-11-8-9-12/h2-11H2,1H3. The highest BCUT2D eigenvalue weighted by atomic mass is 79.9. The summed E-state index contributed by atoms with van der Waals surface area (Å²) in [5.41, 5.74) is 0. The van der Waals surface area contributed by atoms with Crippen LogP contribution in [0.5, 0.6) is 0 Å². The monoisotopic (exact) mass is 266 g/mol. The molecule has 0 aliphatic rings. The van der Waals surface area contributed by atoms with Gasteiger partial charge in [0.25, 0.3) is 0 Å². The van der Waals surface area contributed by atoms with Crippen molar-refractivity contribution < 1.29 is 0 Å². The lowest BCUT2D eigenvalue weighted by atomic mass is 10.1. The number of hydrogen-bond donors (Lipinski definition) is 0. The number of unbranched alkanes of at least 4 members (excludes halogenated alkanes) is 5. The van der Waals surface area contributed by atoms with Crippen LogP contribution in [0.4, 0.5) is 0 Å². The van der Waals surface area contributed by atoms with Crippen LogP contribution in [0, 0.1) is 0 Å². The molecule has 2 heteroatoms. The van der Waals surface area contributed by atoms with Crippen LogP contribution in [0.2, 0.25) is 0 Å². The summed E-state index contributed by atoms with van der Waals surface area (Å²) in [7, 11) is 0. The Hall–Kier alpha value is 0.830. The first kappa shape index (κ1) is 13.8. The van der Waals surface area contributed by atoms with E-state index in [1.165, 1.54) is 56.5 Å². The van der Waals surface area contributed by atoms with Crippen molar-refractivity contribution in [3.8, 4) is 0 Å². The van der Waals surface area contributed by atoms with Crippen molar-refractivity contribution >= 4 is 27.7 Å². The van der Waals surface area contributed by atoms with Gasteiger partial charge in [0.15, 0.2) is 0 Å². The summed E-state index contributed by atoms with van der Waals surface area (Å²) in [4.78, 5) is 0. The minimum atomic E-state index is 1.16. The van der Waals surface area contributed by atoms with E-state index in [-0.39, 0.29) is 0 Å². The van der Waals surface area contributed by atoms with Gasteiger partial charge in [-0.15, -0.1) is 0 Å². The smallest absolute Gasteiger partial charge is 0.00391 e. The molecule has 0 aromatic heterocycles. The fourth-order valence-corrected chi connectivity index (χ4v) is 2.86. The lowest BCUT2D eigenvalue weighted by Crippen LogP contribution is -1.85. The van der Waals surface area contributed by atoms with Gasteiger partial charge in [0.05, 0.1) is 0 Å². The zero-order chi connectivity index (χ0) is 9.78. The van der Waals surface area contributed by atoms with Gasteiger partial charge in [-0.2, -0.15) is 11.8 Å². The largest absolute Gasteiger partial charge is 0.162 e. The molecule has 0 heterocycles. The van der Waals surface area contributed by atoms with Crippen molar-refractivity contribution in [1.82, 2.24) is 0 Å². The molecule has 0 aliphatic carbocycles. The number of rotatable bonds is 10. The summed E-state index contributed by atoms with van der Waals surface area (Å²) < 4.78 is 0. The molecule has 0 saturated carbocycles. The predicted octanol–water partition coefficient (Wildman–Crippen LogP) is 4.87. The van der Waals surface area contributed by atoms with Crippen molar-refractivity contribution in [1.29, 1.82) is 0 Å². The third kappa shape index (κ3) is 12.8. The molecule has 0 radical (unpaired) electrons. The highest BCUT2D eigenvalue weighted by Crippen LogP contribution is 2.10. The molecule has 0 unspecified atom stereocenters. The summed E-state index contributed by atoms with van der Waals surface area (Å²) in [5.74, 6) is 2.71. The first-order valence-electron chi connectivity index (χ1n) is 5.55. The second-order valence-corrected chi connectivity index (χ2v) is 5.44. The Morgan fingerprint density at radius 1 is 0.846 bits per heavy atom. The lowest BCUT2D eigenvalue weighted by Gasteiger charge is -2.00. The van der Waals surface area contributed by atoms with Gasteiger partial charge in [-0.1, -0.05) is 55.0 Å². The maximum Gasteiger partial charge on any atom is 0.00391 e. The summed E-state index contributed by atoms with van der Waals surface area (Å²) >= 11 is 5.56. The second-order valence-electron chi connectivity index (χ2n) is 3.42. The number of thioether (sulfide) groups is 1. The maximum absolute atomic E-state index is 3.45. The second kappa shape index (κ2) is 12.8. The molecular formula is C11H23BrS. The third-order valence-corrected chi connectivity index (χ3v) is 3.78. The van der Waals surface area contributed by atoms with Gasteiger partial charge in [-0.3, -0.25) is 0 Å². The van der Waals surface area contributed by atoms with Crippen LogP contribution in [0.25, 0.3) is 0 Å². The van der Waals surface area contributed by atoms with E-state index in [0.717, 1.165) is 5.33 Å². The van der Waals surface area contributed by atoms with Crippen LogP contribution in [0.3, 0.4) is 0 Å². The van der Waals surface area contributed by atoms with E-state index < -0.39 is 0 Å². The van der Waals surface area contributed by atoms with Gasteiger partial charge >= 0.3 is 0 Å². The van der Waals surface area contributed by atoms with Gasteiger partial charge < -0.3 is 0 Å². The van der Waals surface area contributed by atoms with E-state index in [2.05, 4.69) is 34.6 Å². The molecule has 0 atom stereocenters. The molecule has 0 nitrogen and oxygen atoms in total. The Labute approximate surface area is 96.4 Å². The Morgan fingerprint density at radius 2 is 1.46 bits per heavy atom. The van der Waals surface area contributed by atoms with Crippen LogP contribution < -0.4 is 0 Å². The molecule has 0 spiro atoms. The molecular weight excluding hydrogens is 244 g/mol. The topological polar surface area (TPSA) is 0 Å².